The lowest BCUT2D eigenvalue weighted by Gasteiger charge is -2.36. The zero-order valence-electron chi connectivity index (χ0n) is 23.3. The second kappa shape index (κ2) is 12.0. The van der Waals surface area contributed by atoms with Crippen molar-refractivity contribution in [3.05, 3.63) is 86.5 Å². The third kappa shape index (κ3) is 5.90. The van der Waals surface area contributed by atoms with E-state index >= 15 is 0 Å². The van der Waals surface area contributed by atoms with Gasteiger partial charge in [-0.2, -0.15) is 18.4 Å². The van der Waals surface area contributed by atoms with Crippen LogP contribution < -0.4 is 15.5 Å². The largest absolute Gasteiger partial charge is 0.466 e. The van der Waals surface area contributed by atoms with Crippen LogP contribution in [0.5, 0.6) is 0 Å². The highest BCUT2D eigenvalue weighted by Crippen LogP contribution is 2.43. The van der Waals surface area contributed by atoms with E-state index in [9.17, 15) is 28.0 Å². The number of nitrogens with one attached hydrogen (secondary N) is 2. The van der Waals surface area contributed by atoms with Crippen molar-refractivity contribution in [3.8, 4) is 6.07 Å². The SMILES string of the molecule is CCCCC[NH+](C)Cc1cc(C#N)ccc1[C@@H]1C(C(=O)OC)=C(C)N(c2cccc(C(F)(F)F)c2)c2n[nH]c(=O)n21. The predicted molar refractivity (Wildman–Crippen MR) is 145 cm³/mol. The fraction of sp³-hybridized carbons (Fsp3) is 0.379. The summed E-state index contributed by atoms with van der Waals surface area (Å²) in [5, 5.41) is 16.2. The number of hydrogen-bond acceptors (Lipinski definition) is 6. The van der Waals surface area contributed by atoms with E-state index in [0.717, 1.165) is 43.5 Å². The van der Waals surface area contributed by atoms with Crippen LogP contribution in [0.3, 0.4) is 0 Å². The number of carbonyl (C=O) groups is 1. The molecule has 0 radical (unpaired) electrons. The van der Waals surface area contributed by atoms with Crippen LogP contribution >= 0.6 is 0 Å². The number of ether oxygens (including phenoxy) is 1. The van der Waals surface area contributed by atoms with Crippen molar-refractivity contribution < 1.29 is 27.6 Å². The Morgan fingerprint density at radius 1 is 1.22 bits per heavy atom. The van der Waals surface area contributed by atoms with E-state index in [2.05, 4.69) is 23.2 Å². The molecule has 1 unspecified atom stereocenters. The Balaban J connectivity index is 1.94. The maximum absolute atomic E-state index is 13.6. The quantitative estimate of drug-likeness (QED) is 0.299. The molecule has 3 aromatic rings. The van der Waals surface area contributed by atoms with E-state index in [0.29, 0.717) is 17.7 Å². The molecule has 2 N–H and O–H groups in total. The molecule has 4 rings (SSSR count). The van der Waals surface area contributed by atoms with Crippen LogP contribution in [0.2, 0.25) is 0 Å². The first kappa shape index (κ1) is 29.6. The Bertz CT molecular complexity index is 1570. The van der Waals surface area contributed by atoms with E-state index in [1.54, 1.807) is 25.1 Å². The summed E-state index contributed by atoms with van der Waals surface area (Å²) in [5.41, 5.74) is 0.606. The van der Waals surface area contributed by atoms with E-state index in [-0.39, 0.29) is 22.9 Å². The van der Waals surface area contributed by atoms with Crippen LogP contribution in [0.15, 0.2) is 58.5 Å². The molecule has 0 spiro atoms. The van der Waals surface area contributed by atoms with Crippen LogP contribution in [0, 0.1) is 11.3 Å². The molecule has 41 heavy (non-hydrogen) atoms. The van der Waals surface area contributed by atoms with Crippen molar-refractivity contribution >= 4 is 17.6 Å². The molecule has 0 saturated heterocycles. The van der Waals surface area contributed by atoms with Crippen molar-refractivity contribution in [3.63, 3.8) is 0 Å². The number of esters is 1. The number of nitriles is 1. The zero-order valence-corrected chi connectivity index (χ0v) is 23.3. The van der Waals surface area contributed by atoms with Crippen LogP contribution in [0.25, 0.3) is 0 Å². The summed E-state index contributed by atoms with van der Waals surface area (Å²) in [6, 6.07) is 10.8. The topological polar surface area (TPSA) is 108 Å². The molecule has 1 aliphatic heterocycles. The number of nitrogens with zero attached hydrogens (tertiary/aromatic N) is 4. The minimum absolute atomic E-state index is 0.0171. The number of aromatic amines is 1. The predicted octanol–water partition coefficient (Wildman–Crippen LogP) is 3.85. The summed E-state index contributed by atoms with van der Waals surface area (Å²) in [7, 11) is 3.24. The van der Waals surface area contributed by atoms with Gasteiger partial charge in [0, 0.05) is 16.9 Å². The van der Waals surface area contributed by atoms with Gasteiger partial charge in [0.1, 0.15) is 12.6 Å². The molecule has 0 amide bonds. The number of methoxy groups -OCH3 is 1. The van der Waals surface area contributed by atoms with Gasteiger partial charge in [-0.25, -0.2) is 19.3 Å². The van der Waals surface area contributed by atoms with Gasteiger partial charge in [0.25, 0.3) is 0 Å². The molecule has 0 bridgehead atoms. The van der Waals surface area contributed by atoms with Gasteiger partial charge in [-0.05, 0) is 55.7 Å². The highest BCUT2D eigenvalue weighted by Gasteiger charge is 2.41. The monoisotopic (exact) mass is 569 g/mol. The van der Waals surface area contributed by atoms with Gasteiger partial charge in [-0.3, -0.25) is 4.90 Å². The number of rotatable bonds is 9. The minimum atomic E-state index is -4.61. The fourth-order valence-corrected chi connectivity index (χ4v) is 5.26. The number of hydrogen-bond donors (Lipinski definition) is 2. The third-order valence-electron chi connectivity index (χ3n) is 7.25. The molecular formula is C29H32F3N6O3+. The van der Waals surface area contributed by atoms with E-state index in [1.807, 2.05) is 7.05 Å². The molecule has 9 nitrogen and oxygen atoms in total. The maximum atomic E-state index is 13.6. The van der Waals surface area contributed by atoms with Gasteiger partial charge >= 0.3 is 17.8 Å². The summed E-state index contributed by atoms with van der Waals surface area (Å²) in [5.74, 6) is -0.731. The first-order valence-electron chi connectivity index (χ1n) is 13.3. The highest BCUT2D eigenvalue weighted by atomic mass is 19.4. The highest BCUT2D eigenvalue weighted by molar-refractivity contribution is 5.93. The molecule has 1 aromatic heterocycles. The molecule has 2 heterocycles. The summed E-state index contributed by atoms with van der Waals surface area (Å²) in [6.07, 6.45) is -1.43. The smallest absolute Gasteiger partial charge is 0.416 e. The van der Waals surface area contributed by atoms with E-state index < -0.39 is 29.4 Å². The molecule has 1 aliphatic rings. The molecule has 216 valence electrons. The van der Waals surface area contributed by atoms with E-state index in [4.69, 9.17) is 4.74 Å². The second-order valence-corrected chi connectivity index (χ2v) is 10.1. The molecule has 0 aliphatic carbocycles. The normalized spacial score (nSPS) is 15.9. The maximum Gasteiger partial charge on any atom is 0.416 e. The number of anilines is 2. The molecule has 0 fully saturated rings. The average Bonchev–Trinajstić information content (AvgIpc) is 3.32. The Labute approximate surface area is 235 Å². The van der Waals surface area contributed by atoms with Crippen molar-refractivity contribution in [1.29, 1.82) is 5.26 Å². The fourth-order valence-electron chi connectivity index (χ4n) is 5.26. The van der Waals surface area contributed by atoms with Gasteiger partial charge in [0.15, 0.2) is 0 Å². The number of quaternary nitrogens is 1. The molecular weight excluding hydrogens is 537 g/mol. The number of halogens is 3. The van der Waals surface area contributed by atoms with Gasteiger partial charge < -0.3 is 9.64 Å². The first-order chi connectivity index (χ1) is 19.5. The number of aromatic nitrogens is 3. The standard InChI is InChI=1S/C29H31F3N6O3/c1-5-6-7-13-36(3)17-20-14-19(16-33)11-12-23(20)25-24(26(39)41-4)18(2)37(27-34-35-28(40)38(25)27)22-10-8-9-21(15-22)29(30,31)32/h8-12,14-15,25H,5-7,13,17H2,1-4H3,(H,35,40)/p+1/t25-/m1/s1. The number of fused-ring (bicyclic) bond motifs is 1. The minimum Gasteiger partial charge on any atom is -0.466 e. The number of H-pyrrole nitrogens is 1. The lowest BCUT2D eigenvalue weighted by Crippen LogP contribution is -3.07. The van der Waals surface area contributed by atoms with Gasteiger partial charge in [0.2, 0.25) is 5.95 Å². The number of alkyl halides is 3. The Morgan fingerprint density at radius 2 is 1.98 bits per heavy atom. The van der Waals surface area contributed by atoms with Crippen molar-refractivity contribution in [1.82, 2.24) is 14.8 Å². The van der Waals surface area contributed by atoms with Crippen LogP contribution in [-0.2, 0) is 22.3 Å². The van der Waals surface area contributed by atoms with Gasteiger partial charge in [-0.15, -0.1) is 5.10 Å². The first-order valence-corrected chi connectivity index (χ1v) is 13.3. The summed E-state index contributed by atoms with van der Waals surface area (Å²) >= 11 is 0. The molecule has 2 aromatic carbocycles. The molecule has 2 atom stereocenters. The average molecular weight is 570 g/mol. The second-order valence-electron chi connectivity index (χ2n) is 10.1. The summed E-state index contributed by atoms with van der Waals surface area (Å²) in [4.78, 5) is 29.1. The lowest BCUT2D eigenvalue weighted by molar-refractivity contribution is -0.894. The molecule has 12 heteroatoms. The van der Waals surface area contributed by atoms with Gasteiger partial charge in [0.05, 0.1) is 43.5 Å². The lowest BCUT2D eigenvalue weighted by atomic mass is 9.90. The Kier molecular flexibility index (Phi) is 8.68. The Morgan fingerprint density at radius 3 is 2.63 bits per heavy atom. The van der Waals surface area contributed by atoms with E-state index in [1.165, 1.54) is 33.6 Å². The van der Waals surface area contributed by atoms with Crippen LogP contribution in [-0.4, -0.2) is 41.4 Å². The Hall–Kier alpha value is -4.37. The van der Waals surface area contributed by atoms with Crippen LogP contribution in [0.4, 0.5) is 24.8 Å². The summed E-state index contributed by atoms with van der Waals surface area (Å²) < 4.78 is 47.1. The van der Waals surface area contributed by atoms with Crippen molar-refractivity contribution in [2.45, 2.75) is 51.9 Å². The van der Waals surface area contributed by atoms with Crippen LogP contribution in [0.1, 0.15) is 61.4 Å². The third-order valence-corrected chi connectivity index (χ3v) is 7.25. The van der Waals surface area contributed by atoms with Gasteiger partial charge in [-0.1, -0.05) is 25.5 Å². The number of carbonyl (C=O) groups excluding carboxylic acids is 1. The number of unbranched alkanes of at least 4 members (excludes halogenated alkanes) is 2. The number of benzene rings is 2. The van der Waals surface area contributed by atoms with Crippen molar-refractivity contribution in [2.75, 3.05) is 25.6 Å². The summed E-state index contributed by atoms with van der Waals surface area (Å²) in [6.45, 7) is 5.10. The zero-order chi connectivity index (χ0) is 29.9. The number of allylic oxidation sites excluding steroid dienone is 1. The van der Waals surface area contributed by atoms with Crippen molar-refractivity contribution in [2.24, 2.45) is 0 Å². The molecule has 0 saturated carbocycles.